The smallest absolute Gasteiger partial charge is 0.0485 e. The van der Waals surface area contributed by atoms with Crippen LogP contribution in [0.1, 0.15) is 45.0 Å². The Hall–Kier alpha value is -5.92. The van der Waals surface area contributed by atoms with Gasteiger partial charge in [-0.25, -0.2) is 0 Å². The molecular weight excluding hydrogens is 591 g/mol. The van der Waals surface area contributed by atoms with E-state index in [2.05, 4.69) is 190 Å². The van der Waals surface area contributed by atoms with Crippen LogP contribution in [0.3, 0.4) is 0 Å². The van der Waals surface area contributed by atoms with Crippen molar-refractivity contribution in [2.24, 2.45) is 0 Å². The molecule has 9 rings (SSSR count). The van der Waals surface area contributed by atoms with Crippen LogP contribution in [0.2, 0.25) is 0 Å². The fraction of sp³-hybridized carbons (Fsp3) is 0. The van der Waals surface area contributed by atoms with E-state index in [0.29, 0.717) is 0 Å². The van der Waals surface area contributed by atoms with Crippen molar-refractivity contribution in [3.63, 3.8) is 0 Å². The number of H-pyrrole nitrogens is 4. The summed E-state index contributed by atoms with van der Waals surface area (Å²) in [7, 11) is 0. The summed E-state index contributed by atoms with van der Waals surface area (Å²) in [6.07, 6.45) is 0. The topological polar surface area (TPSA) is 63.2 Å². The molecule has 4 nitrogen and oxygen atoms in total. The van der Waals surface area contributed by atoms with Crippen molar-refractivity contribution < 1.29 is 0 Å². The Labute approximate surface area is 296 Å². The van der Waals surface area contributed by atoms with Crippen molar-refractivity contribution in [2.75, 3.05) is 0 Å². The van der Waals surface area contributed by atoms with Gasteiger partial charge in [-0.3, -0.25) is 0 Å². The van der Waals surface area contributed by atoms with Gasteiger partial charge in [-0.2, -0.15) is 0 Å². The third-order valence-electron chi connectivity index (χ3n) is 9.15. The Kier molecular flexibility index (Phi) is 8.03. The minimum absolute atomic E-state index is 0. The number of aromatic amines is 4. The zero-order chi connectivity index (χ0) is 31.9. The van der Waals surface area contributed by atoms with Gasteiger partial charge in [0.05, 0.1) is 0 Å². The Balaban J connectivity index is 0.00000348. The molecule has 0 saturated heterocycles. The fourth-order valence-corrected chi connectivity index (χ4v) is 6.99. The molecule has 8 aromatic rings. The molecule has 4 aromatic carbocycles. The molecule has 4 N–H and O–H groups in total. The van der Waals surface area contributed by atoms with Crippen LogP contribution in [0.25, 0.3) is 22.3 Å². The normalized spacial score (nSPS) is 12.6. The molecule has 0 aliphatic carbocycles. The first-order chi connectivity index (χ1) is 23.8. The standard InChI is InChI=1S/C44H32N4.Li/c1-5-13-29(14-6-1)41-33-21-23-35(45-33)42(30-15-7-2-8-16-30)37-25-27-39(47-37)44(32-19-11-4-12-20-32)40-28-26-38(48-40)43(31-17-9-3-10-18-31)36-24-22-34(41)46-36;/h1-28,45-48H;. The van der Waals surface area contributed by atoms with Crippen LogP contribution in [0.5, 0.6) is 0 Å². The Morgan fingerprint density at radius 3 is 0.673 bits per heavy atom. The third kappa shape index (κ3) is 5.58. The van der Waals surface area contributed by atoms with E-state index in [0.717, 1.165) is 88.7 Å². The molecule has 1 aliphatic rings. The fourth-order valence-electron chi connectivity index (χ4n) is 6.99. The van der Waals surface area contributed by atoms with E-state index >= 15 is 0 Å². The third-order valence-corrected chi connectivity index (χ3v) is 9.15. The van der Waals surface area contributed by atoms with E-state index in [1.54, 1.807) is 0 Å². The number of hydrogen-bond acceptors (Lipinski definition) is 0. The van der Waals surface area contributed by atoms with Gasteiger partial charge in [0, 0.05) is 85.3 Å². The quantitative estimate of drug-likeness (QED) is 0.176. The minimum Gasteiger partial charge on any atom is -0.354 e. The SMILES string of the molecule is [Li].c1ccc(C2=c3ccc([nH]3)=C(c3ccccc3)c3ccc([nH]3)C(c3ccccc3)=c3ccc([nH]3)=C(c3ccccc3)c3ccc2[nH]3)cc1. The molecule has 1 radical (unpaired) electrons. The van der Waals surface area contributed by atoms with Crippen LogP contribution >= 0.6 is 0 Å². The second kappa shape index (κ2) is 12.9. The summed E-state index contributed by atoms with van der Waals surface area (Å²) in [5.74, 6) is 0. The summed E-state index contributed by atoms with van der Waals surface area (Å²) in [6, 6.07) is 60.0. The molecule has 1 aliphatic heterocycles. The molecule has 0 atom stereocenters. The number of rotatable bonds is 4. The predicted octanol–water partition coefficient (Wildman–Crippen LogP) is 5.92. The average molecular weight is 624 g/mol. The van der Waals surface area contributed by atoms with Gasteiger partial charge in [0.15, 0.2) is 0 Å². The maximum Gasteiger partial charge on any atom is 0.0485 e. The molecule has 8 bridgehead atoms. The van der Waals surface area contributed by atoms with Crippen molar-refractivity contribution >= 4 is 41.2 Å². The monoisotopic (exact) mass is 623 g/mol. The van der Waals surface area contributed by atoms with Crippen molar-refractivity contribution in [3.05, 3.63) is 236 Å². The van der Waals surface area contributed by atoms with E-state index in [4.69, 9.17) is 0 Å². The number of benzene rings is 4. The number of nitrogens with one attached hydrogen (secondary N) is 4. The van der Waals surface area contributed by atoms with E-state index in [-0.39, 0.29) is 18.9 Å². The summed E-state index contributed by atoms with van der Waals surface area (Å²) < 4.78 is 0. The van der Waals surface area contributed by atoms with Crippen LogP contribution in [0.15, 0.2) is 170 Å². The van der Waals surface area contributed by atoms with Crippen molar-refractivity contribution in [2.45, 2.75) is 0 Å². The van der Waals surface area contributed by atoms with Gasteiger partial charge >= 0.3 is 0 Å². The van der Waals surface area contributed by atoms with Gasteiger partial charge in [0.1, 0.15) is 0 Å². The first kappa shape index (κ1) is 30.4. The van der Waals surface area contributed by atoms with Crippen molar-refractivity contribution in [1.82, 2.24) is 19.9 Å². The largest absolute Gasteiger partial charge is 0.354 e. The summed E-state index contributed by atoms with van der Waals surface area (Å²) in [5, 5.41) is 4.16. The molecule has 0 fully saturated rings. The van der Waals surface area contributed by atoms with Crippen molar-refractivity contribution in [3.8, 4) is 0 Å². The zero-order valence-corrected chi connectivity index (χ0v) is 27.2. The van der Waals surface area contributed by atoms with Crippen LogP contribution in [-0.2, 0) is 0 Å². The minimum atomic E-state index is 0. The first-order valence-corrected chi connectivity index (χ1v) is 16.3. The summed E-state index contributed by atoms with van der Waals surface area (Å²) in [6.45, 7) is 0. The van der Waals surface area contributed by atoms with Gasteiger partial charge in [-0.1, -0.05) is 121 Å². The molecule has 0 spiro atoms. The average Bonchev–Trinajstić information content (AvgIpc) is 3.98. The molecule has 229 valence electrons. The molecule has 4 aromatic heterocycles. The zero-order valence-electron chi connectivity index (χ0n) is 27.2. The van der Waals surface area contributed by atoms with Gasteiger partial charge in [0.2, 0.25) is 0 Å². The Morgan fingerprint density at radius 2 is 0.449 bits per heavy atom. The molecular formula is C44H32LiN4. The van der Waals surface area contributed by atoms with Crippen LogP contribution in [-0.4, -0.2) is 38.8 Å². The second-order valence-corrected chi connectivity index (χ2v) is 12.1. The van der Waals surface area contributed by atoms with Gasteiger partial charge in [0.25, 0.3) is 0 Å². The molecule has 0 saturated carbocycles. The first-order valence-electron chi connectivity index (χ1n) is 16.3. The van der Waals surface area contributed by atoms with Crippen LogP contribution in [0, 0.1) is 0 Å². The molecule has 5 heterocycles. The van der Waals surface area contributed by atoms with E-state index in [1.807, 2.05) is 0 Å². The van der Waals surface area contributed by atoms with Crippen molar-refractivity contribution in [1.29, 1.82) is 0 Å². The number of hydrogen-bond donors (Lipinski definition) is 4. The molecule has 0 unspecified atom stereocenters. The van der Waals surface area contributed by atoms with Gasteiger partial charge in [-0.05, 0) is 70.8 Å². The van der Waals surface area contributed by atoms with E-state index < -0.39 is 0 Å². The number of fused-ring (bicyclic) bond motifs is 8. The van der Waals surface area contributed by atoms with Crippen LogP contribution < -0.4 is 21.4 Å². The van der Waals surface area contributed by atoms with E-state index in [1.165, 1.54) is 0 Å². The number of aromatic nitrogens is 4. The predicted molar refractivity (Wildman–Crippen MR) is 200 cm³/mol. The van der Waals surface area contributed by atoms with Gasteiger partial charge < -0.3 is 19.9 Å². The molecule has 0 amide bonds. The Morgan fingerprint density at radius 1 is 0.224 bits per heavy atom. The van der Waals surface area contributed by atoms with E-state index in [9.17, 15) is 0 Å². The molecule has 49 heavy (non-hydrogen) atoms. The Bertz CT molecular complexity index is 2280. The summed E-state index contributed by atoms with van der Waals surface area (Å²) in [4.78, 5) is 15.4. The van der Waals surface area contributed by atoms with Gasteiger partial charge in [-0.15, -0.1) is 0 Å². The summed E-state index contributed by atoms with van der Waals surface area (Å²) >= 11 is 0. The maximum atomic E-state index is 3.84. The maximum absolute atomic E-state index is 3.84. The molecule has 5 heteroatoms. The summed E-state index contributed by atoms with van der Waals surface area (Å²) in [5.41, 5.74) is 13.1. The second-order valence-electron chi connectivity index (χ2n) is 12.1. The van der Waals surface area contributed by atoms with Crippen LogP contribution in [0.4, 0.5) is 0 Å².